The Hall–Kier alpha value is -2.39. The lowest BCUT2D eigenvalue weighted by Crippen LogP contribution is -2.16. The predicted octanol–water partition coefficient (Wildman–Crippen LogP) is 2.48. The van der Waals surface area contributed by atoms with Crippen molar-refractivity contribution in [1.82, 2.24) is 15.0 Å². The summed E-state index contributed by atoms with van der Waals surface area (Å²) in [5.41, 5.74) is 7.59. The van der Waals surface area contributed by atoms with Gasteiger partial charge >= 0.3 is 0 Å². The zero-order chi connectivity index (χ0) is 17.8. The Morgan fingerprint density at radius 3 is 2.92 bits per heavy atom. The smallest absolute Gasteiger partial charge is 0.236 e. The zero-order valence-electron chi connectivity index (χ0n) is 13.5. The van der Waals surface area contributed by atoms with E-state index in [-0.39, 0.29) is 23.3 Å². The average molecular weight is 375 g/mol. The van der Waals surface area contributed by atoms with Gasteiger partial charge in [-0.2, -0.15) is 0 Å². The molecule has 3 rings (SSSR count). The van der Waals surface area contributed by atoms with Crippen molar-refractivity contribution in [3.8, 4) is 0 Å². The zero-order valence-corrected chi connectivity index (χ0v) is 15.1. The Morgan fingerprint density at radius 2 is 2.16 bits per heavy atom. The molecule has 3 aromatic rings. The van der Waals surface area contributed by atoms with E-state index >= 15 is 0 Å². The summed E-state index contributed by atoms with van der Waals surface area (Å²) in [7, 11) is 0. The largest absolute Gasteiger partial charge is 0.369 e. The first kappa shape index (κ1) is 17.4. The van der Waals surface area contributed by atoms with Crippen molar-refractivity contribution >= 4 is 51.1 Å². The quantitative estimate of drug-likeness (QED) is 0.587. The number of thiazole rings is 1. The SMILES string of the molecule is CC(SCC(=O)Nc1nc(CC(N)=O)cs1)c1nc2ccccc2[nH]1. The average Bonchev–Trinajstić information content (AvgIpc) is 3.18. The number of carbonyl (C=O) groups excluding carboxylic acids is 2. The summed E-state index contributed by atoms with van der Waals surface area (Å²) in [5, 5.41) is 4.97. The molecule has 0 radical (unpaired) electrons. The van der Waals surface area contributed by atoms with Crippen LogP contribution in [0, 0.1) is 0 Å². The maximum Gasteiger partial charge on any atom is 0.236 e. The normalized spacial score (nSPS) is 12.2. The number of primary amides is 1. The molecule has 0 aliphatic rings. The van der Waals surface area contributed by atoms with Gasteiger partial charge in [0.05, 0.1) is 34.2 Å². The second-order valence-corrected chi connectivity index (χ2v) is 7.61. The maximum atomic E-state index is 12.1. The fourth-order valence-electron chi connectivity index (χ4n) is 2.22. The van der Waals surface area contributed by atoms with Crippen LogP contribution in [0.1, 0.15) is 23.7 Å². The predicted molar refractivity (Wildman–Crippen MR) is 101 cm³/mol. The number of rotatable bonds is 7. The van der Waals surface area contributed by atoms with Crippen molar-refractivity contribution < 1.29 is 9.59 Å². The van der Waals surface area contributed by atoms with Gasteiger partial charge in [0.1, 0.15) is 5.82 Å². The van der Waals surface area contributed by atoms with Crippen molar-refractivity contribution in [3.05, 3.63) is 41.2 Å². The monoisotopic (exact) mass is 375 g/mol. The summed E-state index contributed by atoms with van der Waals surface area (Å²) in [6.45, 7) is 2.00. The van der Waals surface area contributed by atoms with Gasteiger partial charge in [-0.3, -0.25) is 9.59 Å². The third-order valence-electron chi connectivity index (χ3n) is 3.41. The summed E-state index contributed by atoms with van der Waals surface area (Å²) in [6.07, 6.45) is 0.0736. The van der Waals surface area contributed by atoms with Crippen LogP contribution < -0.4 is 11.1 Å². The van der Waals surface area contributed by atoms with Gasteiger partial charge in [0.15, 0.2) is 5.13 Å². The molecule has 0 bridgehead atoms. The van der Waals surface area contributed by atoms with E-state index in [0.717, 1.165) is 16.9 Å². The molecule has 2 aromatic heterocycles. The molecule has 0 spiro atoms. The third kappa shape index (κ3) is 4.58. The van der Waals surface area contributed by atoms with E-state index in [1.165, 1.54) is 23.1 Å². The number of nitrogens with zero attached hydrogens (tertiary/aromatic N) is 2. The number of nitrogens with one attached hydrogen (secondary N) is 2. The van der Waals surface area contributed by atoms with E-state index in [4.69, 9.17) is 5.73 Å². The highest BCUT2D eigenvalue weighted by Gasteiger charge is 2.14. The lowest BCUT2D eigenvalue weighted by molar-refractivity contribution is -0.117. The molecule has 25 heavy (non-hydrogen) atoms. The maximum absolute atomic E-state index is 12.1. The molecule has 2 amide bonds. The lowest BCUT2D eigenvalue weighted by Gasteiger charge is -2.07. The summed E-state index contributed by atoms with van der Waals surface area (Å²) in [5.74, 6) is 0.534. The number of nitrogens with two attached hydrogens (primary N) is 1. The minimum atomic E-state index is -0.446. The van der Waals surface area contributed by atoms with Gasteiger partial charge in [-0.1, -0.05) is 12.1 Å². The number of imidazole rings is 1. The van der Waals surface area contributed by atoms with E-state index in [1.807, 2.05) is 31.2 Å². The third-order valence-corrected chi connectivity index (χ3v) is 5.37. The first-order valence-corrected chi connectivity index (χ1v) is 9.53. The van der Waals surface area contributed by atoms with Crippen molar-refractivity contribution in [1.29, 1.82) is 0 Å². The number of H-pyrrole nitrogens is 1. The Bertz CT molecular complexity index is 872. The van der Waals surface area contributed by atoms with Gasteiger partial charge in [-0.05, 0) is 19.1 Å². The van der Waals surface area contributed by atoms with Crippen molar-refractivity contribution in [2.45, 2.75) is 18.6 Å². The second-order valence-electron chi connectivity index (χ2n) is 5.43. The topological polar surface area (TPSA) is 114 Å². The van der Waals surface area contributed by atoms with Crippen LogP contribution in [0.4, 0.5) is 5.13 Å². The van der Waals surface area contributed by atoms with Crippen molar-refractivity contribution in [2.24, 2.45) is 5.73 Å². The molecule has 1 unspecified atom stereocenters. The first-order chi connectivity index (χ1) is 12.0. The number of hydrogen-bond acceptors (Lipinski definition) is 6. The standard InChI is InChI=1S/C16H17N5O2S2/c1-9(15-19-11-4-2-3-5-12(11)20-15)24-8-14(23)21-16-18-10(7-25-16)6-13(17)22/h2-5,7,9H,6,8H2,1H3,(H2,17,22)(H,19,20)(H,18,21,23). The minimum absolute atomic E-state index is 0.0554. The second kappa shape index (κ2) is 7.66. The van der Waals surface area contributed by atoms with Gasteiger partial charge in [0.25, 0.3) is 0 Å². The molecule has 0 aliphatic carbocycles. The van der Waals surface area contributed by atoms with Gasteiger partial charge < -0.3 is 16.0 Å². The van der Waals surface area contributed by atoms with E-state index in [9.17, 15) is 9.59 Å². The first-order valence-electron chi connectivity index (χ1n) is 7.60. The summed E-state index contributed by atoms with van der Waals surface area (Å²) >= 11 is 2.76. The molecule has 2 heterocycles. The number of fused-ring (bicyclic) bond motifs is 1. The van der Waals surface area contributed by atoms with E-state index < -0.39 is 5.91 Å². The molecule has 0 fully saturated rings. The number of aromatic nitrogens is 3. The van der Waals surface area contributed by atoms with Crippen LogP contribution in [-0.2, 0) is 16.0 Å². The van der Waals surface area contributed by atoms with Crippen LogP contribution in [0.25, 0.3) is 11.0 Å². The molecule has 0 aliphatic heterocycles. The van der Waals surface area contributed by atoms with Crippen LogP contribution in [0.15, 0.2) is 29.6 Å². The molecule has 1 atom stereocenters. The highest BCUT2D eigenvalue weighted by atomic mass is 32.2. The molecule has 0 saturated heterocycles. The van der Waals surface area contributed by atoms with Crippen molar-refractivity contribution in [3.63, 3.8) is 0 Å². The van der Waals surface area contributed by atoms with E-state index in [0.29, 0.717) is 10.8 Å². The summed E-state index contributed by atoms with van der Waals surface area (Å²) < 4.78 is 0. The van der Waals surface area contributed by atoms with Crippen LogP contribution >= 0.6 is 23.1 Å². The molecule has 1 aromatic carbocycles. The number of para-hydroxylation sites is 2. The van der Waals surface area contributed by atoms with Crippen LogP contribution in [0.2, 0.25) is 0 Å². The lowest BCUT2D eigenvalue weighted by atomic mass is 10.3. The number of amides is 2. The van der Waals surface area contributed by atoms with Gasteiger partial charge in [0, 0.05) is 5.38 Å². The van der Waals surface area contributed by atoms with E-state index in [2.05, 4.69) is 20.3 Å². The van der Waals surface area contributed by atoms with Gasteiger partial charge in [-0.25, -0.2) is 9.97 Å². The molecule has 130 valence electrons. The van der Waals surface area contributed by atoms with E-state index in [1.54, 1.807) is 5.38 Å². The fourth-order valence-corrected chi connectivity index (χ4v) is 3.69. The van der Waals surface area contributed by atoms with Gasteiger partial charge in [0.2, 0.25) is 11.8 Å². The number of hydrogen-bond donors (Lipinski definition) is 3. The number of benzene rings is 1. The Labute approximate surface area is 152 Å². The molecular weight excluding hydrogens is 358 g/mol. The van der Waals surface area contributed by atoms with Crippen molar-refractivity contribution in [2.75, 3.05) is 11.1 Å². The van der Waals surface area contributed by atoms with Crippen LogP contribution in [0.3, 0.4) is 0 Å². The highest BCUT2D eigenvalue weighted by Crippen LogP contribution is 2.28. The summed E-state index contributed by atoms with van der Waals surface area (Å²) in [6, 6.07) is 7.82. The molecule has 0 saturated carbocycles. The molecule has 4 N–H and O–H groups in total. The highest BCUT2D eigenvalue weighted by molar-refractivity contribution is 8.00. The molecule has 9 heteroatoms. The van der Waals surface area contributed by atoms with Gasteiger partial charge in [-0.15, -0.1) is 23.1 Å². The number of carbonyl (C=O) groups is 2. The Kier molecular flexibility index (Phi) is 5.34. The number of thioether (sulfide) groups is 1. The molecular formula is C16H17N5O2S2. The number of aromatic amines is 1. The van der Waals surface area contributed by atoms with Crippen LogP contribution in [-0.4, -0.2) is 32.5 Å². The Morgan fingerprint density at radius 1 is 1.36 bits per heavy atom. The Balaban J connectivity index is 1.52. The summed E-state index contributed by atoms with van der Waals surface area (Å²) in [4.78, 5) is 34.9. The molecule has 7 nitrogen and oxygen atoms in total. The number of anilines is 1. The van der Waals surface area contributed by atoms with Crippen LogP contribution in [0.5, 0.6) is 0 Å². The minimum Gasteiger partial charge on any atom is -0.369 e. The fraction of sp³-hybridized carbons (Fsp3) is 0.250.